The van der Waals surface area contributed by atoms with E-state index in [1.165, 1.54) is 32.1 Å². The van der Waals surface area contributed by atoms with Crippen molar-refractivity contribution in [1.82, 2.24) is 0 Å². The van der Waals surface area contributed by atoms with E-state index in [4.69, 9.17) is 4.74 Å². The lowest BCUT2D eigenvalue weighted by molar-refractivity contribution is 0.0287. The zero-order valence-corrected chi connectivity index (χ0v) is 19.0. The molecule has 1 aromatic rings. The van der Waals surface area contributed by atoms with Crippen LogP contribution in [-0.2, 0) is 4.74 Å². The molecule has 4 aliphatic rings. The van der Waals surface area contributed by atoms with Gasteiger partial charge in [0.1, 0.15) is 6.10 Å². The summed E-state index contributed by atoms with van der Waals surface area (Å²) < 4.78 is 6.02. The van der Waals surface area contributed by atoms with E-state index in [-0.39, 0.29) is 17.5 Å². The van der Waals surface area contributed by atoms with Gasteiger partial charge >= 0.3 is 5.97 Å². The highest BCUT2D eigenvalue weighted by molar-refractivity contribution is 5.89. The normalized spacial score (nSPS) is 39.1. The van der Waals surface area contributed by atoms with Gasteiger partial charge in [-0.15, -0.1) is 0 Å². The molecule has 0 radical (unpaired) electrons. The average molecular weight is 405 g/mol. The Labute approximate surface area is 181 Å². The standard InChI is InChI=1S/C28H36O2/c1-26(2)14-8-15-28(4)22-13-16-27(3)18-20(17-23(27)21(22)11-12-24(26)28)30-25(29)19-9-6-5-7-10-19/h5-7,9-12,20,22-23H,8,13-18H2,1-4H3/t20-,22-,23-,27+,28+/m0/s1. The minimum Gasteiger partial charge on any atom is -0.459 e. The van der Waals surface area contributed by atoms with E-state index in [0.717, 1.165) is 12.8 Å². The molecule has 5 rings (SSSR count). The highest BCUT2D eigenvalue weighted by atomic mass is 16.5. The number of fused-ring (bicyclic) bond motifs is 5. The minimum atomic E-state index is -0.166. The number of ether oxygens (including phenoxy) is 1. The Balaban J connectivity index is 1.41. The van der Waals surface area contributed by atoms with E-state index in [1.807, 2.05) is 30.3 Å². The molecule has 3 fully saturated rings. The van der Waals surface area contributed by atoms with Crippen molar-refractivity contribution in [3.05, 3.63) is 59.2 Å². The number of hydrogen-bond acceptors (Lipinski definition) is 2. The van der Waals surface area contributed by atoms with Crippen molar-refractivity contribution < 1.29 is 9.53 Å². The predicted octanol–water partition coefficient (Wildman–Crippen LogP) is 7.12. The Hall–Kier alpha value is -1.83. The second-order valence-electron chi connectivity index (χ2n) is 11.5. The molecule has 4 aliphatic carbocycles. The van der Waals surface area contributed by atoms with Gasteiger partial charge in [0.2, 0.25) is 0 Å². The SMILES string of the molecule is CC1(C)CCC[C@@]2(C)C1=CC=C1[C@@H]3C[C@H](OC(=O)c4ccccc4)C[C@@]3(C)CC[C@@H]12. The lowest BCUT2D eigenvalue weighted by atomic mass is 9.48. The van der Waals surface area contributed by atoms with Gasteiger partial charge in [-0.05, 0) is 78.7 Å². The van der Waals surface area contributed by atoms with Gasteiger partial charge in [-0.2, -0.15) is 0 Å². The van der Waals surface area contributed by atoms with Crippen LogP contribution in [0.15, 0.2) is 53.6 Å². The van der Waals surface area contributed by atoms with Crippen molar-refractivity contribution in [3.8, 4) is 0 Å². The summed E-state index contributed by atoms with van der Waals surface area (Å²) in [7, 11) is 0. The average Bonchev–Trinajstić information content (AvgIpc) is 3.04. The monoisotopic (exact) mass is 404 g/mol. The molecular formula is C28H36O2. The molecule has 0 heterocycles. The number of allylic oxidation sites excluding steroid dienone is 4. The highest BCUT2D eigenvalue weighted by Crippen LogP contribution is 2.65. The highest BCUT2D eigenvalue weighted by Gasteiger charge is 2.56. The summed E-state index contributed by atoms with van der Waals surface area (Å²) in [6.07, 6.45) is 13.5. The summed E-state index contributed by atoms with van der Waals surface area (Å²) in [5, 5.41) is 0. The number of esters is 1. The Morgan fingerprint density at radius 2 is 1.73 bits per heavy atom. The third kappa shape index (κ3) is 3.01. The summed E-state index contributed by atoms with van der Waals surface area (Å²) in [5.74, 6) is 1.04. The van der Waals surface area contributed by atoms with Gasteiger partial charge in [0.25, 0.3) is 0 Å². The zero-order valence-electron chi connectivity index (χ0n) is 19.0. The van der Waals surface area contributed by atoms with Crippen LogP contribution in [0.1, 0.15) is 83.0 Å². The number of benzene rings is 1. The maximum Gasteiger partial charge on any atom is 0.338 e. The third-order valence-corrected chi connectivity index (χ3v) is 9.18. The lowest BCUT2D eigenvalue weighted by Crippen LogP contribution is -2.46. The summed E-state index contributed by atoms with van der Waals surface area (Å²) in [5.41, 5.74) is 4.90. The van der Waals surface area contributed by atoms with Gasteiger partial charge < -0.3 is 4.74 Å². The van der Waals surface area contributed by atoms with E-state index in [9.17, 15) is 4.79 Å². The maximum atomic E-state index is 12.7. The van der Waals surface area contributed by atoms with E-state index >= 15 is 0 Å². The summed E-state index contributed by atoms with van der Waals surface area (Å²) in [6, 6.07) is 9.44. The Kier molecular flexibility index (Phi) is 4.58. The number of carbonyl (C=O) groups is 1. The van der Waals surface area contributed by atoms with Gasteiger partial charge in [0.15, 0.2) is 0 Å². The second-order valence-corrected chi connectivity index (χ2v) is 11.5. The molecule has 0 amide bonds. The topological polar surface area (TPSA) is 26.3 Å². The molecule has 2 heteroatoms. The molecule has 0 unspecified atom stereocenters. The van der Waals surface area contributed by atoms with Crippen LogP contribution in [0, 0.1) is 28.1 Å². The summed E-state index contributed by atoms with van der Waals surface area (Å²) in [4.78, 5) is 12.7. The Morgan fingerprint density at radius 1 is 0.967 bits per heavy atom. The van der Waals surface area contributed by atoms with Crippen LogP contribution in [0.25, 0.3) is 0 Å². The van der Waals surface area contributed by atoms with E-state index in [2.05, 4.69) is 39.8 Å². The second kappa shape index (κ2) is 6.84. The van der Waals surface area contributed by atoms with Gasteiger partial charge in [-0.25, -0.2) is 4.79 Å². The van der Waals surface area contributed by atoms with Crippen molar-refractivity contribution >= 4 is 5.97 Å². The fourth-order valence-corrected chi connectivity index (χ4v) is 7.69. The molecule has 0 aliphatic heterocycles. The first-order chi connectivity index (χ1) is 14.2. The molecular weight excluding hydrogens is 368 g/mol. The van der Waals surface area contributed by atoms with Crippen molar-refractivity contribution in [1.29, 1.82) is 0 Å². The maximum absolute atomic E-state index is 12.7. The number of rotatable bonds is 2. The van der Waals surface area contributed by atoms with Crippen molar-refractivity contribution in [2.45, 2.75) is 78.7 Å². The number of hydrogen-bond donors (Lipinski definition) is 0. The molecule has 0 saturated heterocycles. The fraction of sp³-hybridized carbons (Fsp3) is 0.607. The predicted molar refractivity (Wildman–Crippen MR) is 121 cm³/mol. The first kappa shape index (κ1) is 20.1. The molecule has 1 aromatic carbocycles. The van der Waals surface area contributed by atoms with Crippen LogP contribution in [0.5, 0.6) is 0 Å². The summed E-state index contributed by atoms with van der Waals surface area (Å²) >= 11 is 0. The smallest absolute Gasteiger partial charge is 0.338 e. The third-order valence-electron chi connectivity index (χ3n) is 9.18. The van der Waals surface area contributed by atoms with Crippen molar-refractivity contribution in [2.75, 3.05) is 0 Å². The molecule has 3 saturated carbocycles. The van der Waals surface area contributed by atoms with Crippen LogP contribution in [0.4, 0.5) is 0 Å². The fourth-order valence-electron chi connectivity index (χ4n) is 7.69. The van der Waals surface area contributed by atoms with E-state index in [1.54, 1.807) is 11.1 Å². The molecule has 0 N–H and O–H groups in total. The van der Waals surface area contributed by atoms with E-state index in [0.29, 0.717) is 28.2 Å². The minimum absolute atomic E-state index is 0.0355. The van der Waals surface area contributed by atoms with Crippen LogP contribution in [-0.4, -0.2) is 12.1 Å². The van der Waals surface area contributed by atoms with E-state index < -0.39 is 0 Å². The molecule has 2 nitrogen and oxygen atoms in total. The van der Waals surface area contributed by atoms with Crippen molar-refractivity contribution in [2.24, 2.45) is 28.1 Å². The van der Waals surface area contributed by atoms with Crippen LogP contribution < -0.4 is 0 Å². The van der Waals surface area contributed by atoms with Gasteiger partial charge in [0, 0.05) is 0 Å². The van der Waals surface area contributed by atoms with Gasteiger partial charge in [-0.3, -0.25) is 0 Å². The molecule has 0 aromatic heterocycles. The molecule has 0 bridgehead atoms. The quantitative estimate of drug-likeness (QED) is 0.490. The Bertz CT molecular complexity index is 908. The first-order valence-corrected chi connectivity index (χ1v) is 11.9. The molecule has 5 atom stereocenters. The first-order valence-electron chi connectivity index (χ1n) is 11.9. The molecule has 160 valence electrons. The Morgan fingerprint density at radius 3 is 2.50 bits per heavy atom. The molecule has 30 heavy (non-hydrogen) atoms. The van der Waals surface area contributed by atoms with Gasteiger partial charge in [0.05, 0.1) is 5.56 Å². The number of carbonyl (C=O) groups excluding carboxylic acids is 1. The molecule has 0 spiro atoms. The largest absolute Gasteiger partial charge is 0.459 e. The van der Waals surface area contributed by atoms with Crippen molar-refractivity contribution in [3.63, 3.8) is 0 Å². The van der Waals surface area contributed by atoms with Crippen LogP contribution in [0.2, 0.25) is 0 Å². The lowest BCUT2D eigenvalue weighted by Gasteiger charge is -2.56. The summed E-state index contributed by atoms with van der Waals surface area (Å²) in [6.45, 7) is 9.87. The van der Waals surface area contributed by atoms with Crippen LogP contribution >= 0.6 is 0 Å². The van der Waals surface area contributed by atoms with Gasteiger partial charge in [-0.1, -0.05) is 75.6 Å². The zero-order chi connectivity index (χ0) is 21.1. The van der Waals surface area contributed by atoms with Crippen LogP contribution in [0.3, 0.4) is 0 Å².